The number of nitrogens with zero attached hydrogens (tertiary/aromatic N) is 1. The van der Waals surface area contributed by atoms with Gasteiger partial charge in [-0.15, -0.1) is 0 Å². The smallest absolute Gasteiger partial charge is 0.317 e. The first-order chi connectivity index (χ1) is 11.7. The van der Waals surface area contributed by atoms with E-state index in [1.165, 1.54) is 17.7 Å². The highest BCUT2D eigenvalue weighted by Crippen LogP contribution is 2.34. The molecule has 1 atom stereocenters. The van der Waals surface area contributed by atoms with Gasteiger partial charge in [0.05, 0.1) is 0 Å². The van der Waals surface area contributed by atoms with Crippen LogP contribution in [0.4, 0.5) is 9.18 Å². The maximum atomic E-state index is 12.9. The molecule has 1 N–H and O–H groups in total. The van der Waals surface area contributed by atoms with Crippen LogP contribution >= 0.6 is 11.8 Å². The summed E-state index contributed by atoms with van der Waals surface area (Å²) < 4.78 is 12.9. The molecule has 2 aromatic carbocycles. The summed E-state index contributed by atoms with van der Waals surface area (Å²) in [5.74, 6) is 0.672. The zero-order valence-corrected chi connectivity index (χ0v) is 14.3. The average molecular weight is 344 g/mol. The van der Waals surface area contributed by atoms with Crippen LogP contribution in [0, 0.1) is 5.82 Å². The predicted octanol–water partition coefficient (Wildman–Crippen LogP) is 4.22. The number of hydrogen-bond donors (Lipinski definition) is 1. The summed E-state index contributed by atoms with van der Waals surface area (Å²) in [6.07, 6.45) is 0.957. The van der Waals surface area contributed by atoms with E-state index in [9.17, 15) is 9.18 Å². The summed E-state index contributed by atoms with van der Waals surface area (Å²) in [7, 11) is 0. The molecule has 3 nitrogen and oxygen atoms in total. The van der Waals surface area contributed by atoms with Gasteiger partial charge in [0.15, 0.2) is 0 Å². The van der Waals surface area contributed by atoms with Crippen molar-refractivity contribution in [1.82, 2.24) is 10.2 Å². The number of nitrogens with one attached hydrogen (secondary N) is 1. The van der Waals surface area contributed by atoms with Gasteiger partial charge in [-0.05, 0) is 29.7 Å². The Morgan fingerprint density at radius 2 is 1.88 bits per heavy atom. The molecule has 0 unspecified atom stereocenters. The summed E-state index contributed by atoms with van der Waals surface area (Å²) >= 11 is 1.91. The normalized spacial score (nSPS) is 18.0. The van der Waals surface area contributed by atoms with E-state index in [1.54, 1.807) is 12.1 Å². The lowest BCUT2D eigenvalue weighted by Crippen LogP contribution is -2.40. The van der Waals surface area contributed by atoms with E-state index in [0.717, 1.165) is 30.8 Å². The fourth-order valence-electron chi connectivity index (χ4n) is 2.80. The van der Waals surface area contributed by atoms with Crippen LogP contribution in [0.15, 0.2) is 54.6 Å². The minimum atomic E-state index is -0.262. The van der Waals surface area contributed by atoms with Crippen LogP contribution in [0.3, 0.4) is 0 Å². The molecule has 24 heavy (non-hydrogen) atoms. The Kier molecular flexibility index (Phi) is 5.75. The number of carbonyl (C=O) groups excluding carboxylic acids is 1. The second-order valence-corrected chi connectivity index (χ2v) is 7.14. The number of halogens is 1. The second-order valence-electron chi connectivity index (χ2n) is 5.83. The highest BCUT2D eigenvalue weighted by Gasteiger charge is 2.21. The molecule has 0 bridgehead atoms. The number of hydrogen-bond acceptors (Lipinski definition) is 2. The molecule has 126 valence electrons. The second kappa shape index (κ2) is 8.20. The highest BCUT2D eigenvalue weighted by atomic mass is 32.2. The van der Waals surface area contributed by atoms with Crippen LogP contribution in [0.5, 0.6) is 0 Å². The van der Waals surface area contributed by atoms with Gasteiger partial charge in [-0.1, -0.05) is 42.5 Å². The summed E-state index contributed by atoms with van der Waals surface area (Å²) in [5.41, 5.74) is 2.23. The van der Waals surface area contributed by atoms with Crippen molar-refractivity contribution in [1.29, 1.82) is 0 Å². The summed E-state index contributed by atoms with van der Waals surface area (Å²) in [6.45, 7) is 1.93. The summed E-state index contributed by atoms with van der Waals surface area (Å²) in [4.78, 5) is 14.2. The minimum absolute atomic E-state index is 0.0476. The van der Waals surface area contributed by atoms with Crippen LogP contribution in [0.25, 0.3) is 0 Å². The molecule has 0 aromatic heterocycles. The highest BCUT2D eigenvalue weighted by molar-refractivity contribution is 7.99. The number of benzene rings is 2. The largest absolute Gasteiger partial charge is 0.334 e. The zero-order chi connectivity index (χ0) is 16.8. The van der Waals surface area contributed by atoms with Crippen LogP contribution in [0.2, 0.25) is 0 Å². The molecule has 3 rings (SSSR count). The number of carbonyl (C=O) groups is 1. The van der Waals surface area contributed by atoms with Gasteiger partial charge < -0.3 is 10.2 Å². The molecule has 2 amide bonds. The van der Waals surface area contributed by atoms with Crippen molar-refractivity contribution in [3.63, 3.8) is 0 Å². The maximum Gasteiger partial charge on any atom is 0.317 e. The fourth-order valence-corrected chi connectivity index (χ4v) is 4.03. The molecule has 0 radical (unpaired) electrons. The van der Waals surface area contributed by atoms with Crippen LogP contribution in [-0.2, 0) is 6.54 Å². The molecule has 1 aliphatic heterocycles. The quantitative estimate of drug-likeness (QED) is 0.904. The number of thioether (sulfide) groups is 1. The Hall–Kier alpha value is -2.01. The maximum absolute atomic E-state index is 12.9. The Morgan fingerprint density at radius 3 is 2.62 bits per heavy atom. The monoisotopic (exact) mass is 344 g/mol. The van der Waals surface area contributed by atoms with Gasteiger partial charge in [0.1, 0.15) is 5.82 Å². The van der Waals surface area contributed by atoms with E-state index in [-0.39, 0.29) is 11.8 Å². The standard InChI is InChI=1S/C19H21FN2OS/c20-17-8-6-15(7-9-17)14-21-19(23)22-11-10-18(24-13-12-22)16-4-2-1-3-5-16/h1-9,18H,10-14H2,(H,21,23)/t18-/m1/s1. The molecule has 0 saturated carbocycles. The van der Waals surface area contributed by atoms with E-state index in [1.807, 2.05) is 22.7 Å². The van der Waals surface area contributed by atoms with Crippen LogP contribution in [0.1, 0.15) is 22.8 Å². The summed E-state index contributed by atoms with van der Waals surface area (Å²) in [5, 5.41) is 3.37. The van der Waals surface area contributed by atoms with Crippen molar-refractivity contribution in [3.8, 4) is 0 Å². The van der Waals surface area contributed by atoms with Gasteiger partial charge in [-0.2, -0.15) is 11.8 Å². The Balaban J connectivity index is 1.52. The molecular formula is C19H21FN2OS. The molecule has 1 saturated heterocycles. The van der Waals surface area contributed by atoms with E-state index in [0.29, 0.717) is 11.8 Å². The number of amides is 2. The fraction of sp³-hybridized carbons (Fsp3) is 0.316. The molecular weight excluding hydrogens is 323 g/mol. The van der Waals surface area contributed by atoms with Gasteiger partial charge in [0.25, 0.3) is 0 Å². The van der Waals surface area contributed by atoms with Crippen molar-refractivity contribution in [2.24, 2.45) is 0 Å². The van der Waals surface area contributed by atoms with E-state index < -0.39 is 0 Å². The minimum Gasteiger partial charge on any atom is -0.334 e. The lowest BCUT2D eigenvalue weighted by Gasteiger charge is -2.21. The van der Waals surface area contributed by atoms with Gasteiger partial charge in [0.2, 0.25) is 0 Å². The Labute approximate surface area is 146 Å². The van der Waals surface area contributed by atoms with Crippen molar-refractivity contribution in [3.05, 3.63) is 71.5 Å². The average Bonchev–Trinajstić information content (AvgIpc) is 2.88. The molecule has 1 fully saturated rings. The zero-order valence-electron chi connectivity index (χ0n) is 13.5. The van der Waals surface area contributed by atoms with E-state index >= 15 is 0 Å². The van der Waals surface area contributed by atoms with Crippen molar-refractivity contribution < 1.29 is 9.18 Å². The molecule has 2 aromatic rings. The molecule has 5 heteroatoms. The first-order valence-electron chi connectivity index (χ1n) is 8.16. The third-order valence-corrected chi connectivity index (χ3v) is 5.49. The number of urea groups is 1. The van der Waals surface area contributed by atoms with Gasteiger partial charge in [0, 0.05) is 30.6 Å². The Bertz CT molecular complexity index is 663. The SMILES string of the molecule is O=C(NCc1ccc(F)cc1)N1CCS[C@@H](c2ccccc2)CC1. The number of rotatable bonds is 3. The van der Waals surface area contributed by atoms with Crippen LogP contribution < -0.4 is 5.32 Å². The topological polar surface area (TPSA) is 32.3 Å². The molecule has 0 spiro atoms. The summed E-state index contributed by atoms with van der Waals surface area (Å²) in [6, 6.07) is 16.6. The van der Waals surface area contributed by atoms with Crippen molar-refractivity contribution in [2.45, 2.75) is 18.2 Å². The van der Waals surface area contributed by atoms with Crippen molar-refractivity contribution in [2.75, 3.05) is 18.8 Å². The van der Waals surface area contributed by atoms with E-state index in [2.05, 4.69) is 29.6 Å². The van der Waals surface area contributed by atoms with E-state index in [4.69, 9.17) is 0 Å². The predicted molar refractivity (Wildman–Crippen MR) is 96.5 cm³/mol. The van der Waals surface area contributed by atoms with Gasteiger partial charge in [-0.25, -0.2) is 9.18 Å². The Morgan fingerprint density at radius 1 is 1.12 bits per heavy atom. The molecule has 0 aliphatic carbocycles. The molecule has 1 heterocycles. The lowest BCUT2D eigenvalue weighted by atomic mass is 10.1. The van der Waals surface area contributed by atoms with Gasteiger partial charge in [-0.3, -0.25) is 0 Å². The van der Waals surface area contributed by atoms with Crippen molar-refractivity contribution >= 4 is 17.8 Å². The lowest BCUT2D eigenvalue weighted by molar-refractivity contribution is 0.200. The first kappa shape index (κ1) is 16.8. The first-order valence-corrected chi connectivity index (χ1v) is 9.21. The third-order valence-electron chi connectivity index (χ3n) is 4.16. The molecule has 1 aliphatic rings. The van der Waals surface area contributed by atoms with Gasteiger partial charge >= 0.3 is 6.03 Å². The third kappa shape index (κ3) is 4.51. The van der Waals surface area contributed by atoms with Crippen LogP contribution in [-0.4, -0.2) is 29.8 Å².